The molecule has 2 aromatic rings. The summed E-state index contributed by atoms with van der Waals surface area (Å²) < 4.78 is 1.01. The molecule has 4 nitrogen and oxygen atoms in total. The van der Waals surface area contributed by atoms with Crippen molar-refractivity contribution in [2.75, 3.05) is 14.1 Å². The molecular formula is C19H25AuBrCl2N4S+. The number of rotatable bonds is 5. The van der Waals surface area contributed by atoms with Gasteiger partial charge in [-0.15, -0.1) is 0 Å². The summed E-state index contributed by atoms with van der Waals surface area (Å²) in [7, 11) is 4.32. The molecular weight excluding hydrogens is 664 g/mol. The van der Waals surface area contributed by atoms with E-state index < -0.39 is 0 Å². The van der Waals surface area contributed by atoms with Crippen LogP contribution in [0.5, 0.6) is 0 Å². The van der Waals surface area contributed by atoms with Crippen LogP contribution in [0.1, 0.15) is 24.5 Å². The smallest absolute Gasteiger partial charge is 1.00 e. The fraction of sp³-hybridized carbons (Fsp3) is 0.263. The number of hydrogen-bond acceptors (Lipinski definition) is 3. The molecule has 0 unspecified atom stereocenters. The Hall–Kier alpha value is -0.440. The van der Waals surface area contributed by atoms with Gasteiger partial charge >= 0.3 is 22.4 Å². The predicted molar refractivity (Wildman–Crippen MR) is 113 cm³/mol. The van der Waals surface area contributed by atoms with Gasteiger partial charge in [0.1, 0.15) is 6.54 Å². The Balaban J connectivity index is -0.000000427. The summed E-state index contributed by atoms with van der Waals surface area (Å²) in [6.07, 6.45) is 0.780. The molecule has 2 aromatic carbocycles. The number of benzene rings is 2. The van der Waals surface area contributed by atoms with Crippen molar-refractivity contribution in [2.45, 2.75) is 19.9 Å². The summed E-state index contributed by atoms with van der Waals surface area (Å²) in [4.78, 5) is 1.46. The van der Waals surface area contributed by atoms with Gasteiger partial charge in [-0.05, 0) is 29.3 Å². The van der Waals surface area contributed by atoms with Crippen LogP contribution in [0.25, 0.3) is 0 Å². The van der Waals surface area contributed by atoms with Gasteiger partial charge in [-0.2, -0.15) is 10.2 Å². The van der Waals surface area contributed by atoms with Crippen LogP contribution >= 0.6 is 15.9 Å². The first-order valence-corrected chi connectivity index (χ1v) is 9.28. The fourth-order valence-corrected chi connectivity index (χ4v) is 2.55. The molecule has 0 aliphatic carbocycles. The molecule has 0 saturated heterocycles. The van der Waals surface area contributed by atoms with Gasteiger partial charge in [0.15, 0.2) is 0 Å². The van der Waals surface area contributed by atoms with Gasteiger partial charge in [-0.1, -0.05) is 65.3 Å². The first-order chi connectivity index (χ1) is 11.9. The topological polar surface area (TPSA) is 55.2 Å². The van der Waals surface area contributed by atoms with Gasteiger partial charge < -0.3 is 48.1 Å². The standard InChI is InChI=1S/C10H12BrN3S.C9H13N.Au.2ClH/c1-2-9(13-14-10(12)15)7-4-3-5-8(11)6-7;1-10(2)8-9-6-4-3-5-7-9;;;/h3-6H,2H2,1H3,(H3,12,14,15);3-7H,8H2,1-2H3;;2*1H/q;;+3;;/p-2/b13-9+;;;;. The van der Waals surface area contributed by atoms with Crippen molar-refractivity contribution in [3.8, 4) is 0 Å². The zero-order chi connectivity index (χ0) is 18.7. The largest absolute Gasteiger partial charge is 3.00 e. The molecule has 0 saturated carbocycles. The van der Waals surface area contributed by atoms with E-state index in [1.807, 2.05) is 31.2 Å². The molecule has 0 bridgehead atoms. The van der Waals surface area contributed by atoms with Crippen LogP contribution in [0.2, 0.25) is 0 Å². The molecule has 0 amide bonds. The number of halogens is 3. The van der Waals surface area contributed by atoms with E-state index in [1.165, 1.54) is 10.5 Å². The molecule has 9 heteroatoms. The van der Waals surface area contributed by atoms with Gasteiger partial charge in [-0.25, -0.2) is 0 Å². The summed E-state index contributed by atoms with van der Waals surface area (Å²) in [5.74, 6) is 0. The van der Waals surface area contributed by atoms with Crippen molar-refractivity contribution >= 4 is 39.4 Å². The van der Waals surface area contributed by atoms with Crippen LogP contribution in [0.15, 0.2) is 69.3 Å². The Bertz CT molecular complexity index is 712. The van der Waals surface area contributed by atoms with Crippen molar-refractivity contribution in [2.24, 2.45) is 15.9 Å². The molecule has 0 radical (unpaired) electrons. The third-order valence-corrected chi connectivity index (χ3v) is 3.74. The number of hydrogen-bond donors (Lipinski definition) is 2. The Morgan fingerprint density at radius 1 is 1.04 bits per heavy atom. The van der Waals surface area contributed by atoms with Gasteiger partial charge in [0.05, 0.1) is 19.8 Å². The minimum Gasteiger partial charge on any atom is -1.00 e. The Kier molecular flexibility index (Phi) is 21.4. The maximum absolute atomic E-state index is 5.25. The summed E-state index contributed by atoms with van der Waals surface area (Å²) in [6, 6.07) is 18.4. The van der Waals surface area contributed by atoms with Crippen LogP contribution in [-0.4, -0.2) is 25.0 Å². The number of nitrogens with zero attached hydrogens (tertiary/aromatic N) is 2. The third-order valence-electron chi connectivity index (χ3n) is 3.16. The maximum Gasteiger partial charge on any atom is 3.00 e. The van der Waals surface area contributed by atoms with Gasteiger partial charge in [0.25, 0.3) is 0 Å². The van der Waals surface area contributed by atoms with Gasteiger partial charge in [0.2, 0.25) is 0 Å². The van der Waals surface area contributed by atoms with E-state index in [-0.39, 0.29) is 52.4 Å². The second-order valence-corrected chi connectivity index (χ2v) is 7.05. The van der Waals surface area contributed by atoms with E-state index in [0.29, 0.717) is 0 Å². The van der Waals surface area contributed by atoms with Crippen LogP contribution in [-0.2, 0) is 41.6 Å². The number of nitrogens with one attached hydrogen (secondary N) is 1. The van der Waals surface area contributed by atoms with E-state index in [1.54, 1.807) is 0 Å². The third kappa shape index (κ3) is 14.5. The summed E-state index contributed by atoms with van der Waals surface area (Å²) in [6.45, 7) is 3.12. The SMILES string of the molecule is CC/C(=N\N=C(\N)[S-])c1cccc(Br)c1.C[NH+](C)Cc1ccccc1.[Au+3].[Cl-].[Cl-]. The molecule has 0 aliphatic rings. The molecule has 0 atom stereocenters. The average Bonchev–Trinajstić information content (AvgIpc) is 2.56. The quantitative estimate of drug-likeness (QED) is 0.114. The molecule has 158 valence electrons. The second-order valence-electron chi connectivity index (χ2n) is 5.72. The molecule has 0 fully saturated rings. The maximum atomic E-state index is 5.25. The zero-order valence-corrected chi connectivity index (χ0v) is 22.0. The van der Waals surface area contributed by atoms with E-state index in [9.17, 15) is 0 Å². The van der Waals surface area contributed by atoms with E-state index in [0.717, 1.165) is 28.7 Å². The Morgan fingerprint density at radius 3 is 2.11 bits per heavy atom. The van der Waals surface area contributed by atoms with Gasteiger partial charge in [-0.3, -0.25) is 0 Å². The average molecular weight is 689 g/mol. The molecule has 2 rings (SSSR count). The van der Waals surface area contributed by atoms with E-state index in [2.05, 4.69) is 83.2 Å². The molecule has 0 spiro atoms. The van der Waals surface area contributed by atoms with Crippen LogP contribution < -0.4 is 35.4 Å². The summed E-state index contributed by atoms with van der Waals surface area (Å²) in [5.41, 5.74) is 8.54. The number of nitrogens with two attached hydrogens (primary N) is 1. The van der Waals surface area contributed by atoms with Crippen molar-refractivity contribution in [1.29, 1.82) is 0 Å². The van der Waals surface area contributed by atoms with Crippen molar-refractivity contribution in [1.82, 2.24) is 0 Å². The molecule has 0 heterocycles. The Labute approximate surface area is 210 Å². The number of amidine groups is 1. The van der Waals surface area contributed by atoms with Crippen molar-refractivity contribution in [3.05, 3.63) is 70.2 Å². The Morgan fingerprint density at radius 2 is 1.64 bits per heavy atom. The van der Waals surface area contributed by atoms with Gasteiger partial charge in [0, 0.05) is 10.0 Å². The monoisotopic (exact) mass is 687 g/mol. The summed E-state index contributed by atoms with van der Waals surface area (Å²) in [5, 5.41) is 7.74. The van der Waals surface area contributed by atoms with E-state index in [4.69, 9.17) is 5.73 Å². The molecule has 0 aliphatic heterocycles. The first kappa shape index (κ1) is 32.2. The van der Waals surface area contributed by atoms with Crippen molar-refractivity contribution in [3.63, 3.8) is 0 Å². The zero-order valence-electron chi connectivity index (χ0n) is 15.9. The summed E-state index contributed by atoms with van der Waals surface area (Å²) >= 11 is 8.04. The minimum atomic E-state index is 0. The van der Waals surface area contributed by atoms with Crippen molar-refractivity contribution < 1.29 is 52.1 Å². The molecule has 3 N–H and O–H groups in total. The van der Waals surface area contributed by atoms with Crippen LogP contribution in [0.4, 0.5) is 0 Å². The molecule has 28 heavy (non-hydrogen) atoms. The fourth-order valence-electron chi connectivity index (χ4n) is 2.11. The molecule has 0 aromatic heterocycles. The predicted octanol–water partition coefficient (Wildman–Crippen LogP) is -3.24. The first-order valence-electron chi connectivity index (χ1n) is 8.08. The minimum absolute atomic E-state index is 0. The van der Waals surface area contributed by atoms with E-state index >= 15 is 0 Å². The van der Waals surface area contributed by atoms with Crippen LogP contribution in [0, 0.1) is 0 Å². The second kappa shape index (κ2) is 18.6. The number of quaternary nitrogens is 1. The van der Waals surface area contributed by atoms with Crippen LogP contribution in [0.3, 0.4) is 0 Å². The normalized spacial score (nSPS) is 10.6.